The third-order valence-electron chi connectivity index (χ3n) is 3.46. The summed E-state index contributed by atoms with van der Waals surface area (Å²) in [5, 5.41) is 13.4. The monoisotopic (exact) mass is 283 g/mol. The number of benzene rings is 1. The van der Waals surface area contributed by atoms with Gasteiger partial charge in [0, 0.05) is 5.69 Å². The average molecular weight is 284 g/mol. The number of aliphatic hydroxyl groups is 1. The van der Waals surface area contributed by atoms with E-state index < -0.39 is 5.60 Å². The largest absolute Gasteiger partial charge is 0.495 e. The summed E-state index contributed by atoms with van der Waals surface area (Å²) in [6.45, 7) is 0. The molecular weight excluding hydrogens is 266 g/mol. The second-order valence-electron chi connectivity index (χ2n) is 5.01. The van der Waals surface area contributed by atoms with Gasteiger partial charge in [0.2, 0.25) is 5.91 Å². The van der Waals surface area contributed by atoms with E-state index in [9.17, 15) is 9.90 Å². The van der Waals surface area contributed by atoms with Crippen LogP contribution in [0.1, 0.15) is 32.1 Å². The van der Waals surface area contributed by atoms with Crippen LogP contribution in [0, 0.1) is 0 Å². The highest BCUT2D eigenvalue weighted by Gasteiger charge is 2.33. The van der Waals surface area contributed by atoms with Crippen LogP contribution in [0.25, 0.3) is 0 Å². The molecule has 1 fully saturated rings. The Kier molecular flexibility index (Phi) is 4.32. The van der Waals surface area contributed by atoms with Crippen LogP contribution in [0.2, 0.25) is 5.02 Å². The van der Waals surface area contributed by atoms with Crippen molar-refractivity contribution in [3.8, 4) is 5.75 Å². The maximum absolute atomic E-state index is 11.9. The second-order valence-corrected chi connectivity index (χ2v) is 5.41. The molecule has 0 heterocycles. The standard InChI is InChI=1S/C14H18ClNO3/c1-19-12-5-4-10(8-11(12)15)16-13(17)9-14(18)6-2-3-7-14/h4-5,8,18H,2-3,6-7,9H2,1H3,(H,16,17). The molecule has 0 aromatic heterocycles. The van der Waals surface area contributed by atoms with E-state index in [1.807, 2.05) is 0 Å². The van der Waals surface area contributed by atoms with Crippen LogP contribution in [0.15, 0.2) is 18.2 Å². The SMILES string of the molecule is COc1ccc(NC(=O)CC2(O)CCCC2)cc1Cl. The van der Waals surface area contributed by atoms with E-state index >= 15 is 0 Å². The first-order valence-electron chi connectivity index (χ1n) is 6.38. The number of methoxy groups -OCH3 is 1. The number of amides is 1. The smallest absolute Gasteiger partial charge is 0.227 e. The molecular formula is C14H18ClNO3. The third kappa shape index (κ3) is 3.61. The van der Waals surface area contributed by atoms with E-state index in [1.165, 1.54) is 7.11 Å². The lowest BCUT2D eigenvalue weighted by Crippen LogP contribution is -2.30. The van der Waals surface area contributed by atoms with Gasteiger partial charge in [-0.3, -0.25) is 4.79 Å². The van der Waals surface area contributed by atoms with E-state index in [-0.39, 0.29) is 12.3 Å². The molecule has 0 unspecified atom stereocenters. The Hall–Kier alpha value is -1.26. The van der Waals surface area contributed by atoms with Crippen molar-refractivity contribution in [3.05, 3.63) is 23.2 Å². The normalized spacial score (nSPS) is 17.2. The zero-order valence-corrected chi connectivity index (χ0v) is 11.7. The minimum Gasteiger partial charge on any atom is -0.495 e. The van der Waals surface area contributed by atoms with Crippen LogP contribution in [0.4, 0.5) is 5.69 Å². The molecule has 1 aliphatic carbocycles. The first kappa shape index (κ1) is 14.2. The lowest BCUT2D eigenvalue weighted by atomic mass is 9.97. The van der Waals surface area contributed by atoms with Gasteiger partial charge in [-0.05, 0) is 31.0 Å². The first-order valence-corrected chi connectivity index (χ1v) is 6.76. The van der Waals surface area contributed by atoms with Gasteiger partial charge in [-0.1, -0.05) is 24.4 Å². The molecule has 5 heteroatoms. The predicted molar refractivity (Wildman–Crippen MR) is 74.7 cm³/mol. The van der Waals surface area contributed by atoms with E-state index in [1.54, 1.807) is 18.2 Å². The van der Waals surface area contributed by atoms with Gasteiger partial charge < -0.3 is 15.2 Å². The zero-order valence-electron chi connectivity index (χ0n) is 10.9. The van der Waals surface area contributed by atoms with Crippen LogP contribution in [-0.2, 0) is 4.79 Å². The summed E-state index contributed by atoms with van der Waals surface area (Å²) in [6.07, 6.45) is 3.50. The maximum atomic E-state index is 11.9. The molecule has 1 saturated carbocycles. The molecule has 1 aliphatic rings. The molecule has 0 aliphatic heterocycles. The van der Waals surface area contributed by atoms with Gasteiger partial charge in [0.15, 0.2) is 0 Å². The van der Waals surface area contributed by atoms with Crippen LogP contribution >= 0.6 is 11.6 Å². The van der Waals surface area contributed by atoms with Crippen molar-refractivity contribution in [1.82, 2.24) is 0 Å². The van der Waals surface area contributed by atoms with Crippen LogP contribution < -0.4 is 10.1 Å². The van der Waals surface area contributed by atoms with Gasteiger partial charge >= 0.3 is 0 Å². The van der Waals surface area contributed by atoms with Crippen molar-refractivity contribution < 1.29 is 14.6 Å². The molecule has 1 aromatic carbocycles. The fourth-order valence-electron chi connectivity index (χ4n) is 2.46. The fourth-order valence-corrected chi connectivity index (χ4v) is 2.72. The van der Waals surface area contributed by atoms with Crippen LogP contribution in [-0.4, -0.2) is 23.7 Å². The van der Waals surface area contributed by atoms with Crippen LogP contribution in [0.5, 0.6) is 5.75 Å². The summed E-state index contributed by atoms with van der Waals surface area (Å²) in [4.78, 5) is 11.9. The molecule has 1 amide bonds. The minimum atomic E-state index is -0.833. The summed E-state index contributed by atoms with van der Waals surface area (Å²) < 4.78 is 5.04. The molecule has 1 aromatic rings. The topological polar surface area (TPSA) is 58.6 Å². The lowest BCUT2D eigenvalue weighted by Gasteiger charge is -2.21. The van der Waals surface area contributed by atoms with Gasteiger partial charge in [-0.15, -0.1) is 0 Å². The zero-order chi connectivity index (χ0) is 13.9. The van der Waals surface area contributed by atoms with Gasteiger partial charge in [-0.25, -0.2) is 0 Å². The summed E-state index contributed by atoms with van der Waals surface area (Å²) in [7, 11) is 1.54. The molecule has 2 rings (SSSR count). The van der Waals surface area contributed by atoms with E-state index in [0.717, 1.165) is 12.8 Å². The Bertz CT molecular complexity index is 470. The molecule has 0 atom stereocenters. The predicted octanol–water partition coefficient (Wildman–Crippen LogP) is 2.98. The van der Waals surface area contributed by atoms with E-state index in [4.69, 9.17) is 16.3 Å². The second kappa shape index (κ2) is 5.80. The minimum absolute atomic E-state index is 0.136. The van der Waals surface area contributed by atoms with Crippen molar-refractivity contribution >= 4 is 23.2 Å². The Balaban J connectivity index is 1.97. The summed E-state index contributed by atoms with van der Waals surface area (Å²) in [5.74, 6) is 0.375. The number of nitrogens with one attached hydrogen (secondary N) is 1. The van der Waals surface area contributed by atoms with Crippen molar-refractivity contribution in [2.45, 2.75) is 37.7 Å². The number of anilines is 1. The third-order valence-corrected chi connectivity index (χ3v) is 3.75. The lowest BCUT2D eigenvalue weighted by molar-refractivity contribution is -0.120. The highest BCUT2D eigenvalue weighted by molar-refractivity contribution is 6.32. The summed E-state index contributed by atoms with van der Waals surface area (Å²) >= 11 is 5.98. The summed E-state index contributed by atoms with van der Waals surface area (Å²) in [6, 6.07) is 5.06. The number of hydrogen-bond acceptors (Lipinski definition) is 3. The molecule has 0 radical (unpaired) electrons. The number of halogens is 1. The molecule has 19 heavy (non-hydrogen) atoms. The Morgan fingerprint density at radius 3 is 2.74 bits per heavy atom. The van der Waals surface area contributed by atoms with Crippen molar-refractivity contribution in [2.75, 3.05) is 12.4 Å². The molecule has 4 nitrogen and oxygen atoms in total. The Morgan fingerprint density at radius 2 is 2.16 bits per heavy atom. The summed E-state index contributed by atoms with van der Waals surface area (Å²) in [5.41, 5.74) is -0.224. The number of ether oxygens (including phenoxy) is 1. The van der Waals surface area contributed by atoms with Crippen molar-refractivity contribution in [2.24, 2.45) is 0 Å². The first-order chi connectivity index (χ1) is 9.02. The van der Waals surface area contributed by atoms with E-state index in [2.05, 4.69) is 5.32 Å². The average Bonchev–Trinajstić information content (AvgIpc) is 2.75. The molecule has 0 spiro atoms. The highest BCUT2D eigenvalue weighted by atomic mass is 35.5. The highest BCUT2D eigenvalue weighted by Crippen LogP contribution is 2.33. The van der Waals surface area contributed by atoms with Gasteiger partial charge in [0.1, 0.15) is 5.75 Å². The Morgan fingerprint density at radius 1 is 1.47 bits per heavy atom. The van der Waals surface area contributed by atoms with Gasteiger partial charge in [0.25, 0.3) is 0 Å². The molecule has 2 N–H and O–H groups in total. The van der Waals surface area contributed by atoms with Gasteiger partial charge in [0.05, 0.1) is 24.2 Å². The Labute approximate surface area is 117 Å². The fraction of sp³-hybridized carbons (Fsp3) is 0.500. The number of carbonyl (C=O) groups excluding carboxylic acids is 1. The number of carbonyl (C=O) groups is 1. The molecule has 0 saturated heterocycles. The molecule has 0 bridgehead atoms. The quantitative estimate of drug-likeness (QED) is 0.893. The van der Waals surface area contributed by atoms with E-state index in [0.29, 0.717) is 29.3 Å². The number of rotatable bonds is 4. The molecule has 104 valence electrons. The van der Waals surface area contributed by atoms with Crippen molar-refractivity contribution in [3.63, 3.8) is 0 Å². The maximum Gasteiger partial charge on any atom is 0.227 e. The number of hydrogen-bond donors (Lipinski definition) is 2. The van der Waals surface area contributed by atoms with Crippen molar-refractivity contribution in [1.29, 1.82) is 0 Å². The van der Waals surface area contributed by atoms with Gasteiger partial charge in [-0.2, -0.15) is 0 Å². The van der Waals surface area contributed by atoms with Crippen LogP contribution in [0.3, 0.4) is 0 Å².